The number of nitrogens with zero attached hydrogens (tertiary/aromatic N) is 5. The fourth-order valence-corrected chi connectivity index (χ4v) is 6.65. The Labute approximate surface area is 209 Å². The summed E-state index contributed by atoms with van der Waals surface area (Å²) in [5.41, 5.74) is 0.447. The lowest BCUT2D eigenvalue weighted by Gasteiger charge is -2.39. The van der Waals surface area contributed by atoms with E-state index in [2.05, 4.69) is 20.9 Å². The SMILES string of the molecule is CCN(CC)S(=O)(=O)c1cccc(C(=O)N2CCCC(CN3CCN(c4ccccn4)CC3)C2)c1. The van der Waals surface area contributed by atoms with Crippen LogP contribution in [0.25, 0.3) is 0 Å². The molecular formula is C26H37N5O3S. The molecular weight excluding hydrogens is 462 g/mol. The maximum absolute atomic E-state index is 13.3. The van der Waals surface area contributed by atoms with Crippen molar-refractivity contribution in [1.82, 2.24) is 19.1 Å². The van der Waals surface area contributed by atoms with Gasteiger partial charge in [0.05, 0.1) is 4.90 Å². The van der Waals surface area contributed by atoms with E-state index < -0.39 is 10.0 Å². The standard InChI is InChI=1S/C26H37N5O3S/c1-3-31(4-2)35(33,34)24-11-7-10-23(19-24)26(32)30-14-8-9-22(21-30)20-28-15-17-29(18-16-28)25-12-5-6-13-27-25/h5-7,10-13,19,22H,3-4,8-9,14-18,20-21H2,1-2H3. The number of piperidine rings is 1. The lowest BCUT2D eigenvalue weighted by atomic mass is 9.96. The molecule has 2 aliphatic heterocycles. The number of rotatable bonds is 8. The minimum Gasteiger partial charge on any atom is -0.354 e. The molecule has 0 bridgehead atoms. The van der Waals surface area contributed by atoms with Crippen LogP contribution in [-0.2, 0) is 10.0 Å². The van der Waals surface area contributed by atoms with Crippen LogP contribution in [0.1, 0.15) is 37.0 Å². The highest BCUT2D eigenvalue weighted by Gasteiger charge is 2.29. The molecule has 9 heteroatoms. The number of likely N-dealkylation sites (tertiary alicyclic amines) is 1. The van der Waals surface area contributed by atoms with Crippen LogP contribution in [-0.4, -0.2) is 92.3 Å². The van der Waals surface area contributed by atoms with Gasteiger partial charge in [-0.1, -0.05) is 26.0 Å². The normalized spacial score (nSPS) is 19.8. The van der Waals surface area contributed by atoms with Crippen LogP contribution in [0.5, 0.6) is 0 Å². The van der Waals surface area contributed by atoms with Crippen LogP contribution in [0, 0.1) is 5.92 Å². The van der Waals surface area contributed by atoms with Crippen molar-refractivity contribution in [1.29, 1.82) is 0 Å². The molecule has 1 aromatic carbocycles. The second-order valence-electron chi connectivity index (χ2n) is 9.35. The Hall–Kier alpha value is -2.49. The first-order valence-electron chi connectivity index (χ1n) is 12.7. The van der Waals surface area contributed by atoms with Gasteiger partial charge < -0.3 is 9.80 Å². The summed E-state index contributed by atoms with van der Waals surface area (Å²) in [7, 11) is -3.60. The number of piperazine rings is 1. The first kappa shape index (κ1) is 25.6. The van der Waals surface area contributed by atoms with Crippen molar-refractivity contribution >= 4 is 21.7 Å². The lowest BCUT2D eigenvalue weighted by Crippen LogP contribution is -2.50. The van der Waals surface area contributed by atoms with Gasteiger partial charge in [0.25, 0.3) is 5.91 Å². The molecule has 0 saturated carbocycles. The van der Waals surface area contributed by atoms with Crippen molar-refractivity contribution in [2.45, 2.75) is 31.6 Å². The number of aromatic nitrogens is 1. The molecule has 0 radical (unpaired) electrons. The van der Waals surface area contributed by atoms with Crippen molar-refractivity contribution in [3.05, 3.63) is 54.2 Å². The van der Waals surface area contributed by atoms with Crippen molar-refractivity contribution in [2.24, 2.45) is 5.92 Å². The molecule has 1 unspecified atom stereocenters. The smallest absolute Gasteiger partial charge is 0.253 e. The molecule has 1 amide bonds. The van der Waals surface area contributed by atoms with Gasteiger partial charge in [0, 0.05) is 70.7 Å². The highest BCUT2D eigenvalue weighted by molar-refractivity contribution is 7.89. The van der Waals surface area contributed by atoms with Crippen LogP contribution >= 0.6 is 0 Å². The number of hydrogen-bond donors (Lipinski definition) is 0. The largest absolute Gasteiger partial charge is 0.354 e. The number of anilines is 1. The topological polar surface area (TPSA) is 77.1 Å². The lowest BCUT2D eigenvalue weighted by molar-refractivity contribution is 0.0637. The molecule has 1 atom stereocenters. The molecule has 3 heterocycles. The number of amides is 1. The molecule has 0 N–H and O–H groups in total. The van der Waals surface area contributed by atoms with Crippen LogP contribution in [0.2, 0.25) is 0 Å². The Morgan fingerprint density at radius 1 is 1.03 bits per heavy atom. The number of carbonyl (C=O) groups excluding carboxylic acids is 1. The quantitative estimate of drug-likeness (QED) is 0.556. The van der Waals surface area contributed by atoms with Crippen LogP contribution in [0.15, 0.2) is 53.6 Å². The van der Waals surface area contributed by atoms with Gasteiger partial charge in [-0.3, -0.25) is 9.69 Å². The van der Waals surface area contributed by atoms with Gasteiger partial charge in [-0.15, -0.1) is 0 Å². The average Bonchev–Trinajstić information content (AvgIpc) is 2.90. The zero-order valence-corrected chi connectivity index (χ0v) is 21.7. The van der Waals surface area contributed by atoms with Gasteiger partial charge in [0.1, 0.15) is 5.82 Å². The Balaban J connectivity index is 1.35. The van der Waals surface area contributed by atoms with Crippen molar-refractivity contribution in [2.75, 3.05) is 63.8 Å². The minimum atomic E-state index is -3.60. The second-order valence-corrected chi connectivity index (χ2v) is 11.3. The summed E-state index contributed by atoms with van der Waals surface area (Å²) >= 11 is 0. The van der Waals surface area contributed by atoms with Gasteiger partial charge in [-0.05, 0) is 49.1 Å². The first-order valence-corrected chi connectivity index (χ1v) is 14.1. The molecule has 0 spiro atoms. The summed E-state index contributed by atoms with van der Waals surface area (Å²) in [4.78, 5) is 24.7. The minimum absolute atomic E-state index is 0.0775. The third-order valence-corrected chi connectivity index (χ3v) is 9.14. The molecule has 2 saturated heterocycles. The number of carbonyl (C=O) groups is 1. The van der Waals surface area contributed by atoms with Crippen molar-refractivity contribution < 1.29 is 13.2 Å². The van der Waals surface area contributed by atoms with E-state index >= 15 is 0 Å². The molecule has 1 aromatic heterocycles. The van der Waals surface area contributed by atoms with E-state index in [0.29, 0.717) is 31.1 Å². The van der Waals surface area contributed by atoms with Crippen LogP contribution in [0.3, 0.4) is 0 Å². The van der Waals surface area contributed by atoms with Crippen molar-refractivity contribution in [3.8, 4) is 0 Å². The molecule has 0 aliphatic carbocycles. The number of hydrogen-bond acceptors (Lipinski definition) is 6. The number of sulfonamides is 1. The molecule has 2 fully saturated rings. The summed E-state index contributed by atoms with van der Waals surface area (Å²) in [6.07, 6.45) is 3.92. The van der Waals surface area contributed by atoms with E-state index in [0.717, 1.165) is 57.9 Å². The van der Waals surface area contributed by atoms with Gasteiger partial charge >= 0.3 is 0 Å². The summed E-state index contributed by atoms with van der Waals surface area (Å²) in [5, 5.41) is 0. The first-order chi connectivity index (χ1) is 16.9. The summed E-state index contributed by atoms with van der Waals surface area (Å²) in [6, 6.07) is 12.5. The average molecular weight is 500 g/mol. The highest BCUT2D eigenvalue weighted by Crippen LogP contribution is 2.23. The van der Waals surface area contributed by atoms with E-state index in [-0.39, 0.29) is 10.8 Å². The monoisotopic (exact) mass is 499 g/mol. The molecule has 2 aromatic rings. The number of benzene rings is 1. The fourth-order valence-electron chi connectivity index (χ4n) is 5.15. The van der Waals surface area contributed by atoms with Gasteiger partial charge in [-0.2, -0.15) is 4.31 Å². The Morgan fingerprint density at radius 3 is 2.49 bits per heavy atom. The maximum atomic E-state index is 13.3. The van der Waals surface area contributed by atoms with Gasteiger partial charge in [0.15, 0.2) is 0 Å². The summed E-state index contributed by atoms with van der Waals surface area (Å²) in [6.45, 7) is 10.8. The third-order valence-electron chi connectivity index (χ3n) is 7.09. The van der Waals surface area contributed by atoms with E-state index in [1.54, 1.807) is 18.2 Å². The van der Waals surface area contributed by atoms with E-state index in [1.807, 2.05) is 37.1 Å². The molecule has 8 nitrogen and oxygen atoms in total. The fraction of sp³-hybridized carbons (Fsp3) is 0.538. The Morgan fingerprint density at radius 2 is 1.80 bits per heavy atom. The van der Waals surface area contributed by atoms with Crippen molar-refractivity contribution in [3.63, 3.8) is 0 Å². The molecule has 2 aliphatic rings. The number of pyridine rings is 1. The molecule has 4 rings (SSSR count). The van der Waals surface area contributed by atoms with E-state index in [4.69, 9.17) is 0 Å². The summed E-state index contributed by atoms with van der Waals surface area (Å²) < 4.78 is 27.3. The molecule has 35 heavy (non-hydrogen) atoms. The van der Waals surface area contributed by atoms with Crippen LogP contribution in [0.4, 0.5) is 5.82 Å². The maximum Gasteiger partial charge on any atom is 0.253 e. The van der Waals surface area contributed by atoms with Crippen LogP contribution < -0.4 is 4.90 Å². The zero-order valence-electron chi connectivity index (χ0n) is 20.8. The Kier molecular flexibility index (Phi) is 8.41. The van der Waals surface area contributed by atoms with Gasteiger partial charge in [-0.25, -0.2) is 13.4 Å². The van der Waals surface area contributed by atoms with E-state index in [9.17, 15) is 13.2 Å². The van der Waals surface area contributed by atoms with E-state index in [1.165, 1.54) is 10.4 Å². The predicted molar refractivity (Wildman–Crippen MR) is 138 cm³/mol. The van der Waals surface area contributed by atoms with Gasteiger partial charge in [0.2, 0.25) is 10.0 Å². The zero-order chi connectivity index (χ0) is 24.8. The molecule has 190 valence electrons. The highest BCUT2D eigenvalue weighted by atomic mass is 32.2. The third kappa shape index (κ3) is 6.02. The Bertz CT molecular complexity index is 1080. The predicted octanol–water partition coefficient (Wildman–Crippen LogP) is 2.79. The second kappa shape index (κ2) is 11.5. The summed E-state index contributed by atoms with van der Waals surface area (Å²) in [5.74, 6) is 1.38.